The van der Waals surface area contributed by atoms with Gasteiger partial charge in [0.05, 0.1) is 12.0 Å². The molecule has 7 heteroatoms. The molecule has 0 spiro atoms. The van der Waals surface area contributed by atoms with Gasteiger partial charge in [0.25, 0.3) is 0 Å². The van der Waals surface area contributed by atoms with Gasteiger partial charge < -0.3 is 15.2 Å². The zero-order valence-electron chi connectivity index (χ0n) is 13.5. The maximum Gasteiger partial charge on any atom is 0.414 e. The van der Waals surface area contributed by atoms with E-state index in [0.717, 1.165) is 17.5 Å². The Hall–Kier alpha value is -1.60. The molecular formula is C17H22F3NO3. The third-order valence-electron chi connectivity index (χ3n) is 4.16. The first-order valence-electron chi connectivity index (χ1n) is 7.99. The number of rotatable bonds is 5. The lowest BCUT2D eigenvalue weighted by Crippen LogP contribution is -2.40. The van der Waals surface area contributed by atoms with Crippen LogP contribution in [-0.4, -0.2) is 36.4 Å². The number of halogens is 3. The van der Waals surface area contributed by atoms with Crippen molar-refractivity contribution in [3.05, 3.63) is 35.4 Å². The summed E-state index contributed by atoms with van der Waals surface area (Å²) in [4.78, 5) is 12.3. The van der Waals surface area contributed by atoms with Crippen molar-refractivity contribution in [3.8, 4) is 0 Å². The van der Waals surface area contributed by atoms with Gasteiger partial charge in [0, 0.05) is 13.2 Å². The summed E-state index contributed by atoms with van der Waals surface area (Å²) >= 11 is 0. The summed E-state index contributed by atoms with van der Waals surface area (Å²) in [6.07, 6.45) is -6.70. The minimum atomic E-state index is -4.66. The molecule has 1 saturated heterocycles. The van der Waals surface area contributed by atoms with Crippen LogP contribution in [0.2, 0.25) is 0 Å². The van der Waals surface area contributed by atoms with E-state index >= 15 is 0 Å². The highest BCUT2D eigenvalue weighted by atomic mass is 19.4. The maximum atomic E-state index is 12.3. The number of hydrogen-bond acceptors (Lipinski definition) is 3. The van der Waals surface area contributed by atoms with E-state index in [1.807, 2.05) is 31.2 Å². The van der Waals surface area contributed by atoms with E-state index in [4.69, 9.17) is 9.84 Å². The van der Waals surface area contributed by atoms with Gasteiger partial charge in [0.2, 0.25) is 5.91 Å². The Morgan fingerprint density at radius 1 is 1.38 bits per heavy atom. The SMILES string of the molecule is Cc1ccc([C@@H]2OCCC[C@H]2C(=O)NCC[C@H](O)C(F)(F)F)cc1. The molecule has 1 amide bonds. The predicted molar refractivity (Wildman–Crippen MR) is 82.3 cm³/mol. The molecule has 4 nitrogen and oxygen atoms in total. The molecule has 1 aromatic rings. The molecule has 0 aromatic heterocycles. The molecule has 1 aromatic carbocycles. The second kappa shape index (κ2) is 7.98. The molecule has 3 atom stereocenters. The number of aliphatic hydroxyl groups excluding tert-OH is 1. The van der Waals surface area contributed by atoms with Gasteiger partial charge in [0.1, 0.15) is 0 Å². The third-order valence-corrected chi connectivity index (χ3v) is 4.16. The second-order valence-corrected chi connectivity index (χ2v) is 6.09. The lowest BCUT2D eigenvalue weighted by atomic mass is 9.88. The summed E-state index contributed by atoms with van der Waals surface area (Å²) in [6, 6.07) is 7.67. The van der Waals surface area contributed by atoms with Crippen LogP contribution in [0.1, 0.15) is 36.5 Å². The molecule has 0 unspecified atom stereocenters. The molecule has 24 heavy (non-hydrogen) atoms. The molecule has 1 aliphatic heterocycles. The van der Waals surface area contributed by atoms with E-state index in [1.165, 1.54) is 0 Å². The van der Waals surface area contributed by atoms with Crippen molar-refractivity contribution < 1.29 is 27.8 Å². The van der Waals surface area contributed by atoms with E-state index in [1.54, 1.807) is 0 Å². The predicted octanol–water partition coefficient (Wildman–Crippen LogP) is 2.89. The van der Waals surface area contributed by atoms with Crippen molar-refractivity contribution in [2.45, 2.75) is 44.6 Å². The summed E-state index contributed by atoms with van der Waals surface area (Å²) in [6.45, 7) is 2.29. The molecule has 134 valence electrons. The van der Waals surface area contributed by atoms with Crippen LogP contribution in [0.15, 0.2) is 24.3 Å². The van der Waals surface area contributed by atoms with Gasteiger partial charge in [0.15, 0.2) is 6.10 Å². The molecular weight excluding hydrogens is 323 g/mol. The molecule has 0 saturated carbocycles. The van der Waals surface area contributed by atoms with Gasteiger partial charge in [-0.15, -0.1) is 0 Å². The monoisotopic (exact) mass is 345 g/mol. The van der Waals surface area contributed by atoms with E-state index in [9.17, 15) is 18.0 Å². The zero-order valence-corrected chi connectivity index (χ0v) is 13.5. The zero-order chi connectivity index (χ0) is 17.7. The molecule has 0 bridgehead atoms. The number of amides is 1. The normalized spacial score (nSPS) is 22.9. The highest BCUT2D eigenvalue weighted by molar-refractivity contribution is 5.79. The average Bonchev–Trinajstić information content (AvgIpc) is 2.54. The van der Waals surface area contributed by atoms with Gasteiger partial charge in [-0.2, -0.15) is 13.2 Å². The topological polar surface area (TPSA) is 58.6 Å². The van der Waals surface area contributed by atoms with Crippen molar-refractivity contribution >= 4 is 5.91 Å². The number of nitrogens with one attached hydrogen (secondary N) is 1. The Kier molecular flexibility index (Phi) is 6.23. The van der Waals surface area contributed by atoms with E-state index in [2.05, 4.69) is 5.32 Å². The Morgan fingerprint density at radius 2 is 2.04 bits per heavy atom. The van der Waals surface area contributed by atoms with Crippen molar-refractivity contribution in [1.29, 1.82) is 0 Å². The number of carbonyl (C=O) groups is 1. The minimum Gasteiger partial charge on any atom is -0.384 e. The number of hydrogen-bond donors (Lipinski definition) is 2. The van der Waals surface area contributed by atoms with E-state index in [0.29, 0.717) is 13.0 Å². The van der Waals surface area contributed by atoms with Gasteiger partial charge in [-0.3, -0.25) is 4.79 Å². The quantitative estimate of drug-likeness (QED) is 0.863. The highest BCUT2D eigenvalue weighted by Gasteiger charge is 2.38. The van der Waals surface area contributed by atoms with Crippen molar-refractivity contribution in [3.63, 3.8) is 0 Å². The van der Waals surface area contributed by atoms with Crippen LogP contribution in [0.25, 0.3) is 0 Å². The fourth-order valence-electron chi connectivity index (χ4n) is 2.76. The van der Waals surface area contributed by atoms with Crippen LogP contribution in [0, 0.1) is 12.8 Å². The van der Waals surface area contributed by atoms with Crippen LogP contribution in [0.3, 0.4) is 0 Å². The Bertz CT molecular complexity index is 545. The molecule has 2 N–H and O–H groups in total. The van der Waals surface area contributed by atoms with Crippen LogP contribution < -0.4 is 5.32 Å². The van der Waals surface area contributed by atoms with Gasteiger partial charge >= 0.3 is 6.18 Å². The minimum absolute atomic E-state index is 0.226. The number of aliphatic hydroxyl groups is 1. The first-order valence-corrected chi connectivity index (χ1v) is 7.99. The van der Waals surface area contributed by atoms with Gasteiger partial charge in [-0.05, 0) is 31.7 Å². The van der Waals surface area contributed by atoms with Crippen LogP contribution in [-0.2, 0) is 9.53 Å². The Labute approximate surface area is 139 Å². The Balaban J connectivity index is 1.94. The number of alkyl halides is 3. The first-order chi connectivity index (χ1) is 11.3. The number of carbonyl (C=O) groups excluding carboxylic acids is 1. The summed E-state index contributed by atoms with van der Waals surface area (Å²) in [7, 11) is 0. The van der Waals surface area contributed by atoms with Crippen molar-refractivity contribution in [2.75, 3.05) is 13.2 Å². The third kappa shape index (κ3) is 4.95. The molecule has 1 heterocycles. The number of benzene rings is 1. The first kappa shape index (κ1) is 18.7. The lowest BCUT2D eigenvalue weighted by molar-refractivity contribution is -0.205. The van der Waals surface area contributed by atoms with Crippen LogP contribution >= 0.6 is 0 Å². The molecule has 2 rings (SSSR count). The van der Waals surface area contributed by atoms with Gasteiger partial charge in [-0.25, -0.2) is 0 Å². The summed E-state index contributed by atoms with van der Waals surface area (Å²) < 4.78 is 42.5. The maximum absolute atomic E-state index is 12.3. The standard InChI is InChI=1S/C17H22F3NO3/c1-11-4-6-12(7-5-11)15-13(3-2-10-24-15)16(23)21-9-8-14(22)17(18,19)20/h4-7,13-15,22H,2-3,8-10H2,1H3,(H,21,23)/t13-,14+,15+/m1/s1. The van der Waals surface area contributed by atoms with Crippen molar-refractivity contribution in [1.82, 2.24) is 5.32 Å². The lowest BCUT2D eigenvalue weighted by Gasteiger charge is -2.31. The highest BCUT2D eigenvalue weighted by Crippen LogP contribution is 2.34. The smallest absolute Gasteiger partial charge is 0.384 e. The van der Waals surface area contributed by atoms with Crippen LogP contribution in [0.5, 0.6) is 0 Å². The molecule has 1 aliphatic rings. The Morgan fingerprint density at radius 3 is 2.67 bits per heavy atom. The van der Waals surface area contributed by atoms with E-state index < -0.39 is 30.7 Å². The fraction of sp³-hybridized carbons (Fsp3) is 0.588. The fourth-order valence-corrected chi connectivity index (χ4v) is 2.76. The molecule has 0 radical (unpaired) electrons. The van der Waals surface area contributed by atoms with E-state index in [-0.39, 0.29) is 12.5 Å². The van der Waals surface area contributed by atoms with Crippen LogP contribution in [0.4, 0.5) is 13.2 Å². The summed E-state index contributed by atoms with van der Waals surface area (Å²) in [5, 5.41) is 11.5. The number of ether oxygens (including phenoxy) is 1. The summed E-state index contributed by atoms with van der Waals surface area (Å²) in [5.41, 5.74) is 1.98. The largest absolute Gasteiger partial charge is 0.414 e. The second-order valence-electron chi connectivity index (χ2n) is 6.09. The molecule has 0 aliphatic carbocycles. The molecule has 1 fully saturated rings. The average molecular weight is 345 g/mol. The summed E-state index contributed by atoms with van der Waals surface area (Å²) in [5.74, 6) is -0.779. The van der Waals surface area contributed by atoms with Crippen molar-refractivity contribution in [2.24, 2.45) is 5.92 Å². The number of aryl methyl sites for hydroxylation is 1. The van der Waals surface area contributed by atoms with Gasteiger partial charge in [-0.1, -0.05) is 29.8 Å².